The van der Waals surface area contributed by atoms with E-state index in [-0.39, 0.29) is 23.7 Å². The Morgan fingerprint density at radius 1 is 1.52 bits per heavy atom. The number of hydrogen-bond acceptors (Lipinski definition) is 5. The molecule has 2 rings (SSSR count). The van der Waals surface area contributed by atoms with Crippen LogP contribution in [0.4, 0.5) is 0 Å². The fraction of sp³-hybridized carbons (Fsp3) is 0.714. The van der Waals surface area contributed by atoms with Crippen molar-refractivity contribution in [1.29, 1.82) is 0 Å². The molecule has 2 atom stereocenters. The molecule has 2 unspecified atom stereocenters. The minimum Gasteiger partial charge on any atom is -0.355 e. The van der Waals surface area contributed by atoms with Gasteiger partial charge in [0.05, 0.1) is 5.92 Å². The fourth-order valence-electron chi connectivity index (χ4n) is 2.45. The van der Waals surface area contributed by atoms with Gasteiger partial charge in [0.1, 0.15) is 0 Å². The third-order valence-electron chi connectivity index (χ3n) is 3.57. The zero-order valence-corrected chi connectivity index (χ0v) is 12.7. The summed E-state index contributed by atoms with van der Waals surface area (Å²) < 4.78 is 4.68. The number of rotatable bonds is 6. The lowest BCUT2D eigenvalue weighted by atomic mass is 10.1. The molecule has 116 valence electrons. The maximum atomic E-state index is 12.1. The lowest BCUT2D eigenvalue weighted by Gasteiger charge is -2.18. The molecule has 1 fully saturated rings. The van der Waals surface area contributed by atoms with Crippen molar-refractivity contribution < 1.29 is 14.1 Å². The number of carbonyl (C=O) groups excluding carboxylic acids is 2. The molecule has 1 aromatic heterocycles. The van der Waals surface area contributed by atoms with Gasteiger partial charge in [-0.15, -0.1) is 0 Å². The average Bonchev–Trinajstić information content (AvgIpc) is 3.06. The number of carbonyl (C=O) groups is 2. The summed E-state index contributed by atoms with van der Waals surface area (Å²) in [5, 5.41) is 6.62. The van der Waals surface area contributed by atoms with E-state index in [9.17, 15) is 9.59 Å². The second kappa shape index (κ2) is 6.69. The van der Waals surface area contributed by atoms with Crippen LogP contribution in [0.2, 0.25) is 0 Å². The van der Waals surface area contributed by atoms with E-state index >= 15 is 0 Å². The topological polar surface area (TPSA) is 88.3 Å². The Morgan fingerprint density at radius 3 is 2.90 bits per heavy atom. The van der Waals surface area contributed by atoms with Crippen LogP contribution in [0.3, 0.4) is 0 Å². The van der Waals surface area contributed by atoms with Crippen LogP contribution in [0.5, 0.6) is 0 Å². The summed E-state index contributed by atoms with van der Waals surface area (Å²) in [6.45, 7) is 7.70. The molecule has 0 spiro atoms. The Bertz CT molecular complexity index is 486. The highest BCUT2D eigenvalue weighted by atomic mass is 16.5. The highest BCUT2D eigenvalue weighted by Gasteiger charge is 2.34. The summed E-state index contributed by atoms with van der Waals surface area (Å²) in [6.07, 6.45) is 1.57. The van der Waals surface area contributed by atoms with Gasteiger partial charge in [-0.2, -0.15) is 4.98 Å². The molecule has 2 amide bonds. The second-order valence-electron chi connectivity index (χ2n) is 6.03. The smallest absolute Gasteiger partial charge is 0.225 e. The zero-order chi connectivity index (χ0) is 15.4. The molecule has 0 bridgehead atoms. The van der Waals surface area contributed by atoms with Crippen molar-refractivity contribution >= 4 is 11.8 Å². The van der Waals surface area contributed by atoms with E-state index in [0.29, 0.717) is 37.8 Å². The quantitative estimate of drug-likeness (QED) is 0.838. The van der Waals surface area contributed by atoms with Crippen molar-refractivity contribution in [3.63, 3.8) is 0 Å². The third kappa shape index (κ3) is 4.03. The van der Waals surface area contributed by atoms with Crippen molar-refractivity contribution in [2.75, 3.05) is 19.6 Å². The number of amides is 2. The molecule has 21 heavy (non-hydrogen) atoms. The summed E-state index contributed by atoms with van der Waals surface area (Å²) in [5.74, 6) is 0.693. The molecule has 7 nitrogen and oxygen atoms in total. The third-order valence-corrected chi connectivity index (χ3v) is 3.57. The molecule has 1 aliphatic heterocycles. The van der Waals surface area contributed by atoms with Gasteiger partial charge < -0.3 is 14.7 Å². The van der Waals surface area contributed by atoms with Crippen LogP contribution in [-0.2, 0) is 9.59 Å². The minimum absolute atomic E-state index is 0.0171. The SMILES string of the molecule is CC(C)CN1CC(C(=O)NCC(C)c2ncon2)CC1=O. The lowest BCUT2D eigenvalue weighted by molar-refractivity contribution is -0.129. The average molecular weight is 294 g/mol. The van der Waals surface area contributed by atoms with Gasteiger partial charge in [-0.1, -0.05) is 25.9 Å². The number of hydrogen-bond donors (Lipinski definition) is 1. The van der Waals surface area contributed by atoms with Crippen molar-refractivity contribution in [2.45, 2.75) is 33.1 Å². The van der Waals surface area contributed by atoms with E-state index in [2.05, 4.69) is 33.8 Å². The van der Waals surface area contributed by atoms with Crippen LogP contribution in [0.25, 0.3) is 0 Å². The predicted molar refractivity (Wildman–Crippen MR) is 75.2 cm³/mol. The first kappa shape index (κ1) is 15.5. The molecule has 2 heterocycles. The van der Waals surface area contributed by atoms with Crippen LogP contribution < -0.4 is 5.32 Å². The Hall–Kier alpha value is -1.92. The van der Waals surface area contributed by atoms with Crippen molar-refractivity contribution in [1.82, 2.24) is 20.4 Å². The molecule has 0 aliphatic carbocycles. The van der Waals surface area contributed by atoms with Crippen LogP contribution in [0, 0.1) is 11.8 Å². The number of aromatic nitrogens is 2. The maximum absolute atomic E-state index is 12.1. The number of nitrogens with zero attached hydrogens (tertiary/aromatic N) is 3. The van der Waals surface area contributed by atoms with Gasteiger partial charge >= 0.3 is 0 Å². The first-order valence-corrected chi connectivity index (χ1v) is 7.29. The summed E-state index contributed by atoms with van der Waals surface area (Å²) in [4.78, 5) is 29.7. The second-order valence-corrected chi connectivity index (χ2v) is 6.03. The highest BCUT2D eigenvalue weighted by Crippen LogP contribution is 2.19. The molecule has 0 saturated carbocycles. The Kier molecular flexibility index (Phi) is 4.93. The van der Waals surface area contributed by atoms with Gasteiger partial charge in [-0.05, 0) is 5.92 Å². The molecular formula is C14H22N4O3. The van der Waals surface area contributed by atoms with E-state index in [1.165, 1.54) is 6.39 Å². The molecule has 1 aliphatic rings. The maximum Gasteiger partial charge on any atom is 0.225 e. The minimum atomic E-state index is -0.256. The van der Waals surface area contributed by atoms with E-state index < -0.39 is 0 Å². The first-order chi connectivity index (χ1) is 9.97. The highest BCUT2D eigenvalue weighted by molar-refractivity contribution is 5.89. The summed E-state index contributed by atoms with van der Waals surface area (Å²) in [6, 6.07) is 0. The molecule has 1 saturated heterocycles. The standard InChI is InChI=1S/C14H22N4O3/c1-9(2)6-18-7-11(4-12(18)19)14(20)15-5-10(3)13-16-8-21-17-13/h8-11H,4-7H2,1-3H3,(H,15,20). The van der Waals surface area contributed by atoms with Crippen molar-refractivity contribution in [2.24, 2.45) is 11.8 Å². The van der Waals surface area contributed by atoms with Crippen molar-refractivity contribution in [3.05, 3.63) is 12.2 Å². The zero-order valence-electron chi connectivity index (χ0n) is 12.7. The lowest BCUT2D eigenvalue weighted by Crippen LogP contribution is -2.35. The molecule has 1 N–H and O–H groups in total. The van der Waals surface area contributed by atoms with Crippen LogP contribution >= 0.6 is 0 Å². The van der Waals surface area contributed by atoms with E-state index in [4.69, 9.17) is 0 Å². The van der Waals surface area contributed by atoms with Gasteiger partial charge in [-0.25, -0.2) is 0 Å². The molecular weight excluding hydrogens is 272 g/mol. The van der Waals surface area contributed by atoms with Crippen molar-refractivity contribution in [3.8, 4) is 0 Å². The molecule has 1 aromatic rings. The van der Waals surface area contributed by atoms with Gasteiger partial charge in [0.15, 0.2) is 5.82 Å². The van der Waals surface area contributed by atoms with Crippen LogP contribution in [0.1, 0.15) is 38.9 Å². The first-order valence-electron chi connectivity index (χ1n) is 7.29. The summed E-state index contributed by atoms with van der Waals surface area (Å²) in [7, 11) is 0. The normalized spacial score (nSPS) is 20.1. The van der Waals surface area contributed by atoms with Crippen LogP contribution in [0.15, 0.2) is 10.9 Å². The van der Waals surface area contributed by atoms with E-state index in [0.717, 1.165) is 0 Å². The molecule has 7 heteroatoms. The van der Waals surface area contributed by atoms with Gasteiger partial charge in [0, 0.05) is 32.0 Å². The van der Waals surface area contributed by atoms with Gasteiger partial charge in [-0.3, -0.25) is 9.59 Å². The summed E-state index contributed by atoms with van der Waals surface area (Å²) in [5.41, 5.74) is 0. The van der Waals surface area contributed by atoms with E-state index in [1.54, 1.807) is 4.90 Å². The van der Waals surface area contributed by atoms with Crippen LogP contribution in [-0.4, -0.2) is 46.5 Å². The van der Waals surface area contributed by atoms with Gasteiger partial charge in [0.25, 0.3) is 0 Å². The largest absolute Gasteiger partial charge is 0.355 e. The summed E-state index contributed by atoms with van der Waals surface area (Å²) >= 11 is 0. The molecule has 0 aromatic carbocycles. The Labute approximate surface area is 124 Å². The molecule has 0 radical (unpaired) electrons. The predicted octanol–water partition coefficient (Wildman–Crippen LogP) is 0.794. The van der Waals surface area contributed by atoms with E-state index in [1.807, 2.05) is 6.92 Å². The Balaban J connectivity index is 1.80. The fourth-order valence-corrected chi connectivity index (χ4v) is 2.45. The van der Waals surface area contributed by atoms with Gasteiger partial charge in [0.2, 0.25) is 18.2 Å². The number of nitrogens with one attached hydrogen (secondary N) is 1. The monoisotopic (exact) mass is 294 g/mol. The Morgan fingerprint density at radius 2 is 2.29 bits per heavy atom. The number of likely N-dealkylation sites (tertiary alicyclic amines) is 1.